The lowest BCUT2D eigenvalue weighted by atomic mass is 10.1. The zero-order valence-corrected chi connectivity index (χ0v) is 13.7. The first kappa shape index (κ1) is 19.6. The van der Waals surface area contributed by atoms with Crippen LogP contribution in [0.3, 0.4) is 0 Å². The van der Waals surface area contributed by atoms with Crippen LogP contribution in [-0.4, -0.2) is 32.2 Å². The Bertz CT molecular complexity index is 524. The maximum atomic E-state index is 12.8. The number of rotatable bonds is 8. The Morgan fingerprint density at radius 1 is 1.39 bits per heavy atom. The molecular formula is C15H20ClF3N2O2. The van der Waals surface area contributed by atoms with Crippen molar-refractivity contribution in [1.29, 1.82) is 0 Å². The summed E-state index contributed by atoms with van der Waals surface area (Å²) in [6.07, 6.45) is -3.51. The maximum Gasteiger partial charge on any atom is 0.417 e. The second kappa shape index (κ2) is 8.98. The van der Waals surface area contributed by atoms with Gasteiger partial charge in [0.1, 0.15) is 0 Å². The molecule has 0 amide bonds. The van der Waals surface area contributed by atoms with Crippen molar-refractivity contribution < 1.29 is 22.7 Å². The van der Waals surface area contributed by atoms with E-state index in [1.165, 1.54) is 19.2 Å². The highest BCUT2D eigenvalue weighted by Gasteiger charge is 2.33. The zero-order chi connectivity index (χ0) is 17.5. The molecule has 0 aliphatic rings. The minimum absolute atomic E-state index is 0.0876. The number of hydrogen-bond acceptors (Lipinski definition) is 4. The molecule has 8 heteroatoms. The molecule has 0 aromatic heterocycles. The molecule has 0 heterocycles. The van der Waals surface area contributed by atoms with Crippen LogP contribution in [0, 0.1) is 0 Å². The highest BCUT2D eigenvalue weighted by Crippen LogP contribution is 2.36. The number of esters is 1. The maximum absolute atomic E-state index is 12.8. The van der Waals surface area contributed by atoms with Gasteiger partial charge in [0.2, 0.25) is 0 Å². The van der Waals surface area contributed by atoms with Crippen LogP contribution in [0.1, 0.15) is 25.3 Å². The Morgan fingerprint density at radius 2 is 2.09 bits per heavy atom. The number of nitrogens with one attached hydrogen (secondary N) is 2. The summed E-state index contributed by atoms with van der Waals surface area (Å²) < 4.78 is 42.9. The van der Waals surface area contributed by atoms with Crippen molar-refractivity contribution in [3.05, 3.63) is 28.8 Å². The second-order valence-corrected chi connectivity index (χ2v) is 5.53. The monoisotopic (exact) mass is 352 g/mol. The van der Waals surface area contributed by atoms with E-state index >= 15 is 0 Å². The number of methoxy groups -OCH3 is 1. The van der Waals surface area contributed by atoms with Gasteiger partial charge in [-0.2, -0.15) is 13.2 Å². The predicted octanol–water partition coefficient (Wildman–Crippen LogP) is 3.70. The molecule has 2 N–H and O–H groups in total. The molecule has 23 heavy (non-hydrogen) atoms. The van der Waals surface area contributed by atoms with Gasteiger partial charge in [0.25, 0.3) is 0 Å². The van der Waals surface area contributed by atoms with Gasteiger partial charge in [-0.1, -0.05) is 11.6 Å². The van der Waals surface area contributed by atoms with E-state index in [1.807, 2.05) is 6.92 Å². The zero-order valence-electron chi connectivity index (χ0n) is 13.0. The molecule has 0 bridgehead atoms. The molecular weight excluding hydrogens is 333 g/mol. The lowest BCUT2D eigenvalue weighted by Crippen LogP contribution is -2.31. The fourth-order valence-corrected chi connectivity index (χ4v) is 2.17. The van der Waals surface area contributed by atoms with Crippen LogP contribution in [0.4, 0.5) is 18.9 Å². The SMILES string of the molecule is COC(=O)CCCNCC(C)Nc1ccc(Cl)c(C(F)(F)F)c1. The summed E-state index contributed by atoms with van der Waals surface area (Å²) in [5.41, 5.74) is -0.506. The number of carbonyl (C=O) groups is 1. The minimum atomic E-state index is -4.48. The van der Waals surface area contributed by atoms with Crippen molar-refractivity contribution >= 4 is 23.3 Å². The average molecular weight is 353 g/mol. The molecule has 0 spiro atoms. The summed E-state index contributed by atoms with van der Waals surface area (Å²) in [6.45, 7) is 3.01. The summed E-state index contributed by atoms with van der Waals surface area (Å²) in [6, 6.07) is 3.64. The predicted molar refractivity (Wildman–Crippen MR) is 83.7 cm³/mol. The van der Waals surface area contributed by atoms with E-state index in [2.05, 4.69) is 15.4 Å². The van der Waals surface area contributed by atoms with E-state index in [4.69, 9.17) is 11.6 Å². The minimum Gasteiger partial charge on any atom is -0.469 e. The quantitative estimate of drug-likeness (QED) is 0.553. The number of halogens is 4. The highest BCUT2D eigenvalue weighted by molar-refractivity contribution is 6.31. The Hall–Kier alpha value is -1.47. The third kappa shape index (κ3) is 7.09. The molecule has 1 atom stereocenters. The van der Waals surface area contributed by atoms with Crippen molar-refractivity contribution in [1.82, 2.24) is 5.32 Å². The van der Waals surface area contributed by atoms with E-state index in [-0.39, 0.29) is 17.0 Å². The first-order valence-corrected chi connectivity index (χ1v) is 7.52. The fraction of sp³-hybridized carbons (Fsp3) is 0.533. The van der Waals surface area contributed by atoms with Crippen molar-refractivity contribution in [2.75, 3.05) is 25.5 Å². The summed E-state index contributed by atoms with van der Waals surface area (Å²) in [4.78, 5) is 10.9. The summed E-state index contributed by atoms with van der Waals surface area (Å²) in [5.74, 6) is -0.265. The van der Waals surface area contributed by atoms with Crippen molar-refractivity contribution in [3.8, 4) is 0 Å². The second-order valence-electron chi connectivity index (χ2n) is 5.12. The molecule has 1 aromatic carbocycles. The molecule has 1 unspecified atom stereocenters. The van der Waals surface area contributed by atoms with Crippen LogP contribution in [0.15, 0.2) is 18.2 Å². The van der Waals surface area contributed by atoms with E-state index in [0.29, 0.717) is 31.6 Å². The van der Waals surface area contributed by atoms with Gasteiger partial charge < -0.3 is 15.4 Å². The largest absolute Gasteiger partial charge is 0.469 e. The Morgan fingerprint density at radius 3 is 2.70 bits per heavy atom. The van der Waals surface area contributed by atoms with Gasteiger partial charge in [0, 0.05) is 24.7 Å². The van der Waals surface area contributed by atoms with Crippen molar-refractivity contribution in [2.45, 2.75) is 32.0 Å². The van der Waals surface area contributed by atoms with Crippen LogP contribution in [0.25, 0.3) is 0 Å². The number of alkyl halides is 3. The molecule has 0 saturated heterocycles. The fourth-order valence-electron chi connectivity index (χ4n) is 1.95. The molecule has 0 aliphatic carbocycles. The summed E-state index contributed by atoms with van der Waals surface area (Å²) >= 11 is 5.58. The smallest absolute Gasteiger partial charge is 0.417 e. The van der Waals surface area contributed by atoms with Crippen LogP contribution in [-0.2, 0) is 15.7 Å². The Balaban J connectivity index is 2.43. The van der Waals surface area contributed by atoms with Crippen LogP contribution in [0.2, 0.25) is 5.02 Å². The number of hydrogen-bond donors (Lipinski definition) is 2. The Labute approximate surface area is 138 Å². The van der Waals surface area contributed by atoms with Crippen molar-refractivity contribution in [2.24, 2.45) is 0 Å². The number of benzene rings is 1. The van der Waals surface area contributed by atoms with Gasteiger partial charge in [-0.3, -0.25) is 4.79 Å². The highest BCUT2D eigenvalue weighted by atomic mass is 35.5. The van der Waals surface area contributed by atoms with E-state index in [1.54, 1.807) is 0 Å². The van der Waals surface area contributed by atoms with Gasteiger partial charge >= 0.3 is 12.1 Å². The molecule has 0 fully saturated rings. The standard InChI is InChI=1S/C15H20ClF3N2O2/c1-10(9-20-7-3-4-14(22)23-2)21-11-5-6-13(16)12(8-11)15(17,18)19/h5-6,8,10,20-21H,3-4,7,9H2,1-2H3. The lowest BCUT2D eigenvalue weighted by Gasteiger charge is -2.18. The van der Waals surface area contributed by atoms with E-state index in [9.17, 15) is 18.0 Å². The van der Waals surface area contributed by atoms with Crippen LogP contribution < -0.4 is 10.6 Å². The third-order valence-electron chi connectivity index (χ3n) is 3.10. The third-order valence-corrected chi connectivity index (χ3v) is 3.43. The van der Waals surface area contributed by atoms with Crippen LogP contribution in [0.5, 0.6) is 0 Å². The van der Waals surface area contributed by atoms with Gasteiger partial charge in [-0.15, -0.1) is 0 Å². The lowest BCUT2D eigenvalue weighted by molar-refractivity contribution is -0.140. The molecule has 4 nitrogen and oxygen atoms in total. The normalized spacial score (nSPS) is 12.8. The van der Waals surface area contributed by atoms with Gasteiger partial charge in [-0.25, -0.2) is 0 Å². The first-order valence-electron chi connectivity index (χ1n) is 7.15. The average Bonchev–Trinajstić information content (AvgIpc) is 2.47. The van der Waals surface area contributed by atoms with Crippen LogP contribution >= 0.6 is 11.6 Å². The Kier molecular flexibility index (Phi) is 7.64. The molecule has 0 radical (unpaired) electrons. The number of anilines is 1. The topological polar surface area (TPSA) is 50.4 Å². The summed E-state index contributed by atoms with van der Waals surface area (Å²) in [5, 5.41) is 5.78. The van der Waals surface area contributed by atoms with E-state index in [0.717, 1.165) is 6.07 Å². The first-order chi connectivity index (χ1) is 10.7. The molecule has 1 aromatic rings. The summed E-state index contributed by atoms with van der Waals surface area (Å²) in [7, 11) is 1.34. The van der Waals surface area contributed by atoms with Gasteiger partial charge in [-0.05, 0) is 38.1 Å². The molecule has 130 valence electrons. The van der Waals surface area contributed by atoms with E-state index < -0.39 is 11.7 Å². The molecule has 1 rings (SSSR count). The molecule has 0 aliphatic heterocycles. The van der Waals surface area contributed by atoms with Crippen molar-refractivity contribution in [3.63, 3.8) is 0 Å². The van der Waals surface area contributed by atoms with Gasteiger partial charge in [0.15, 0.2) is 0 Å². The number of ether oxygens (including phenoxy) is 1. The van der Waals surface area contributed by atoms with Gasteiger partial charge in [0.05, 0.1) is 17.7 Å². The number of carbonyl (C=O) groups excluding carboxylic acids is 1. The molecule has 0 saturated carbocycles.